The molecule has 0 unspecified atom stereocenters. The van der Waals surface area contributed by atoms with Crippen molar-refractivity contribution in [2.24, 2.45) is 0 Å². The molecule has 7 aromatic carbocycles. The molecule has 0 spiro atoms. The molecule has 0 N–H and O–H groups in total. The Kier molecular flexibility index (Phi) is 8.50. The third-order valence-electron chi connectivity index (χ3n) is 10.9. The number of aromatic nitrogens is 5. The molecule has 3 aromatic heterocycles. The molecule has 0 atom stereocenters. The van der Waals surface area contributed by atoms with Crippen molar-refractivity contribution in [2.45, 2.75) is 26.2 Å². The molecule has 4 heterocycles. The van der Waals surface area contributed by atoms with Gasteiger partial charge in [-0.15, -0.1) is 29.7 Å². The molecule has 0 fully saturated rings. The van der Waals surface area contributed by atoms with E-state index in [0.717, 1.165) is 61.0 Å². The zero-order valence-corrected chi connectivity index (χ0v) is 34.2. The summed E-state index contributed by atoms with van der Waals surface area (Å²) in [6.45, 7) is 6.49. The van der Waals surface area contributed by atoms with E-state index in [4.69, 9.17) is 14.7 Å². The number of nitrogens with zero attached hydrogens (tertiary/aromatic N) is 5. The molecule has 0 aliphatic carbocycles. The number of hydrogen-bond acceptors (Lipinski definition) is 3. The van der Waals surface area contributed by atoms with Crippen LogP contribution < -0.4 is 9.30 Å². The Bertz CT molecular complexity index is 3230. The second kappa shape index (κ2) is 13.8. The van der Waals surface area contributed by atoms with Gasteiger partial charge in [-0.2, -0.15) is 18.2 Å². The van der Waals surface area contributed by atoms with Gasteiger partial charge in [-0.05, 0) is 62.7 Å². The van der Waals surface area contributed by atoms with Gasteiger partial charge in [-0.3, -0.25) is 4.57 Å². The van der Waals surface area contributed by atoms with Crippen molar-refractivity contribution in [3.63, 3.8) is 0 Å². The van der Waals surface area contributed by atoms with Crippen molar-refractivity contribution >= 4 is 32.8 Å². The molecular weight excluding hydrogens is 894 g/mol. The van der Waals surface area contributed by atoms with Crippen LogP contribution in [0.25, 0.3) is 83.5 Å². The van der Waals surface area contributed by atoms with Gasteiger partial charge in [0.05, 0.1) is 22.4 Å². The summed E-state index contributed by atoms with van der Waals surface area (Å²) in [5.74, 6) is 1.73. The van der Waals surface area contributed by atoms with Gasteiger partial charge in [0.2, 0.25) is 5.95 Å². The number of ether oxygens (including phenoxy) is 1. The van der Waals surface area contributed by atoms with Crippen molar-refractivity contribution in [3.05, 3.63) is 182 Å². The molecule has 0 saturated heterocycles. The van der Waals surface area contributed by atoms with E-state index in [0.29, 0.717) is 17.4 Å². The van der Waals surface area contributed by atoms with Crippen LogP contribution in [0, 0.1) is 18.5 Å². The molecule has 10 aromatic rings. The van der Waals surface area contributed by atoms with Gasteiger partial charge in [0, 0.05) is 49.7 Å². The maximum absolute atomic E-state index is 6.59. The molecule has 6 nitrogen and oxygen atoms in total. The predicted octanol–water partition coefficient (Wildman–Crippen LogP) is 11.6. The summed E-state index contributed by atoms with van der Waals surface area (Å²) >= 11 is 0. The molecule has 0 radical (unpaired) electrons. The Hall–Kier alpha value is -6.62. The van der Waals surface area contributed by atoms with Crippen LogP contribution in [0.1, 0.15) is 26.5 Å². The number of rotatable bonds is 4. The molecule has 0 bridgehead atoms. The van der Waals surface area contributed by atoms with Crippen molar-refractivity contribution in [3.8, 4) is 62.2 Å². The van der Waals surface area contributed by atoms with E-state index in [2.05, 4.69) is 168 Å². The van der Waals surface area contributed by atoms with Gasteiger partial charge in [0.15, 0.2) is 0 Å². The number of benzene rings is 7. The Morgan fingerprint density at radius 2 is 1.19 bits per heavy atom. The molecule has 58 heavy (non-hydrogen) atoms. The quantitative estimate of drug-likeness (QED) is 0.131. The third-order valence-corrected chi connectivity index (χ3v) is 10.9. The van der Waals surface area contributed by atoms with Crippen LogP contribution in [0.2, 0.25) is 0 Å². The van der Waals surface area contributed by atoms with Gasteiger partial charge in [0.25, 0.3) is 6.33 Å². The average Bonchev–Trinajstić information content (AvgIpc) is 3.80. The normalized spacial score (nSPS) is 11.9. The molecule has 11 rings (SSSR count). The minimum absolute atomic E-state index is 0. The van der Waals surface area contributed by atoms with Gasteiger partial charge in [0.1, 0.15) is 0 Å². The van der Waals surface area contributed by atoms with Gasteiger partial charge in [-0.25, -0.2) is 9.97 Å². The van der Waals surface area contributed by atoms with E-state index in [-0.39, 0.29) is 26.5 Å². The van der Waals surface area contributed by atoms with E-state index in [1.165, 1.54) is 22.3 Å². The van der Waals surface area contributed by atoms with Crippen molar-refractivity contribution in [1.82, 2.24) is 19.1 Å². The Morgan fingerprint density at radius 3 is 1.97 bits per heavy atom. The van der Waals surface area contributed by atoms with Crippen LogP contribution in [-0.2, 0) is 26.5 Å². The summed E-state index contributed by atoms with van der Waals surface area (Å²) in [6.07, 6.45) is 5.59. The van der Waals surface area contributed by atoms with E-state index in [1.807, 2.05) is 42.6 Å². The summed E-state index contributed by atoms with van der Waals surface area (Å²) in [5.41, 5.74) is 13.6. The molecule has 0 amide bonds. The smallest absolute Gasteiger partial charge is 0.268 e. The number of hydrogen-bond donors (Lipinski definition) is 0. The maximum atomic E-state index is 6.59. The molecular formula is C51H35N5OPt-2. The van der Waals surface area contributed by atoms with Crippen molar-refractivity contribution < 1.29 is 30.4 Å². The number of fused-ring (bicyclic) bond motifs is 10. The first-order chi connectivity index (χ1) is 27.9. The van der Waals surface area contributed by atoms with Crippen LogP contribution in [0.3, 0.4) is 0 Å². The van der Waals surface area contributed by atoms with Crippen LogP contribution in [-0.4, -0.2) is 19.1 Å². The fourth-order valence-electron chi connectivity index (χ4n) is 8.29. The molecule has 282 valence electrons. The zero-order chi connectivity index (χ0) is 38.3. The second-order valence-corrected chi connectivity index (χ2v) is 15.5. The van der Waals surface area contributed by atoms with E-state index in [9.17, 15) is 0 Å². The van der Waals surface area contributed by atoms with Crippen molar-refractivity contribution in [1.29, 1.82) is 0 Å². The fraction of sp³-hybridized carbons (Fsp3) is 0.0784. The minimum Gasteiger partial charge on any atom is -0.510 e. The second-order valence-electron chi connectivity index (χ2n) is 15.5. The van der Waals surface area contributed by atoms with E-state index < -0.39 is 0 Å². The predicted molar refractivity (Wildman–Crippen MR) is 226 cm³/mol. The Labute approximate surface area is 350 Å². The molecule has 1 aliphatic rings. The van der Waals surface area contributed by atoms with Crippen molar-refractivity contribution in [2.75, 3.05) is 0 Å². The van der Waals surface area contributed by atoms with Crippen LogP contribution >= 0.6 is 0 Å². The molecule has 0 saturated carbocycles. The van der Waals surface area contributed by atoms with Crippen LogP contribution in [0.4, 0.5) is 0 Å². The third kappa shape index (κ3) is 5.70. The van der Waals surface area contributed by atoms with Gasteiger partial charge < -0.3 is 13.9 Å². The summed E-state index contributed by atoms with van der Waals surface area (Å²) in [6, 6.07) is 59.9. The SMILES string of the molecule is CC(C)(C)c1ccnc(-n2c3[c-]c(Oc4[c-]c(-n5[c-][n+]6c7c(cccc75)-c5ccccc5-c5ccccc5-c5ccccc5-6)ccc4)ccc3c3ccccc32)n1.[Pt]. The average molecular weight is 929 g/mol. The summed E-state index contributed by atoms with van der Waals surface area (Å²) in [4.78, 5) is 9.75. The minimum atomic E-state index is -0.132. The van der Waals surface area contributed by atoms with E-state index >= 15 is 0 Å². The summed E-state index contributed by atoms with van der Waals surface area (Å²) in [5, 5.41) is 2.15. The fourth-order valence-corrected chi connectivity index (χ4v) is 8.29. The number of imidazole rings is 1. The summed E-state index contributed by atoms with van der Waals surface area (Å²) in [7, 11) is 0. The topological polar surface area (TPSA) is 48.8 Å². The van der Waals surface area contributed by atoms with E-state index in [1.54, 1.807) is 0 Å². The monoisotopic (exact) mass is 928 g/mol. The van der Waals surface area contributed by atoms with Crippen LogP contribution in [0.15, 0.2) is 158 Å². The largest absolute Gasteiger partial charge is 0.510 e. The van der Waals surface area contributed by atoms with Gasteiger partial charge in [-0.1, -0.05) is 129 Å². The zero-order valence-electron chi connectivity index (χ0n) is 32.0. The van der Waals surface area contributed by atoms with Gasteiger partial charge >= 0.3 is 0 Å². The Morgan fingerprint density at radius 1 is 0.569 bits per heavy atom. The molecule has 7 heteroatoms. The Balaban J connectivity index is 0.00000408. The first-order valence-electron chi connectivity index (χ1n) is 19.2. The maximum Gasteiger partial charge on any atom is 0.268 e. The number of para-hydroxylation sites is 3. The summed E-state index contributed by atoms with van der Waals surface area (Å²) < 4.78 is 13.0. The first-order valence-corrected chi connectivity index (χ1v) is 19.2. The standard InChI is InChI=1S/C51H35N5O.Pt/c1-51(2,3)48-28-29-52-50(53-48)56-45-24-11-9-21-41(45)42-27-26-35(31-47(42)56)57-34-15-12-14-33(30-34)54-32-55-44-23-10-8-20-40(44)38-18-6-4-16-36(38)37-17-5-7-19-39(37)43-22-13-25-46(54)49(43)55;/h4-29H,1-3H3;/q-2;. The first kappa shape index (κ1) is 35.8. The van der Waals surface area contributed by atoms with Crippen LogP contribution in [0.5, 0.6) is 11.5 Å². The molecule has 1 aliphatic heterocycles.